The van der Waals surface area contributed by atoms with Crippen molar-refractivity contribution in [2.45, 2.75) is 26.4 Å². The summed E-state index contributed by atoms with van der Waals surface area (Å²) < 4.78 is 12.9. The average molecular weight is 254 g/mol. The smallest absolute Gasteiger partial charge is 0.319 e. The lowest BCUT2D eigenvalue weighted by atomic mass is 10.1. The van der Waals surface area contributed by atoms with E-state index in [-0.39, 0.29) is 6.54 Å². The lowest BCUT2D eigenvalue weighted by Gasteiger charge is -2.14. The van der Waals surface area contributed by atoms with Gasteiger partial charge in [-0.1, -0.05) is 19.9 Å². The van der Waals surface area contributed by atoms with E-state index < -0.39 is 18.0 Å². The monoisotopic (exact) mass is 254 g/mol. The van der Waals surface area contributed by atoms with Gasteiger partial charge in [-0.15, -0.1) is 0 Å². The SMILES string of the molecule is CC(C)CC(O)CNC(=O)Nc1cccc(F)c1. The van der Waals surface area contributed by atoms with E-state index in [1.807, 2.05) is 13.8 Å². The molecular formula is C13H19FN2O2. The van der Waals surface area contributed by atoms with Crippen LogP contribution in [-0.2, 0) is 0 Å². The predicted molar refractivity (Wildman–Crippen MR) is 68.9 cm³/mol. The van der Waals surface area contributed by atoms with Crippen LogP contribution in [0.2, 0.25) is 0 Å². The fourth-order valence-corrected chi connectivity index (χ4v) is 1.58. The third-order valence-corrected chi connectivity index (χ3v) is 2.32. The number of hydrogen-bond acceptors (Lipinski definition) is 2. The highest BCUT2D eigenvalue weighted by molar-refractivity contribution is 5.89. The molecule has 0 radical (unpaired) electrons. The number of amides is 2. The Labute approximate surface area is 106 Å². The van der Waals surface area contributed by atoms with Crippen LogP contribution in [-0.4, -0.2) is 23.8 Å². The second-order valence-corrected chi connectivity index (χ2v) is 4.63. The summed E-state index contributed by atoms with van der Waals surface area (Å²) in [4.78, 5) is 11.5. The van der Waals surface area contributed by atoms with Gasteiger partial charge in [0.1, 0.15) is 5.82 Å². The summed E-state index contributed by atoms with van der Waals surface area (Å²) in [5, 5.41) is 14.6. The Morgan fingerprint density at radius 2 is 2.17 bits per heavy atom. The van der Waals surface area contributed by atoms with Crippen molar-refractivity contribution in [3.05, 3.63) is 30.1 Å². The molecule has 1 rings (SSSR count). The summed E-state index contributed by atoms with van der Waals surface area (Å²) in [6.45, 7) is 4.17. The minimum Gasteiger partial charge on any atom is -0.391 e. The third-order valence-electron chi connectivity index (χ3n) is 2.32. The lowest BCUT2D eigenvalue weighted by molar-refractivity contribution is 0.148. The molecule has 0 fully saturated rings. The van der Waals surface area contributed by atoms with Gasteiger partial charge in [-0.2, -0.15) is 0 Å². The third kappa shape index (κ3) is 5.63. The molecule has 0 aliphatic carbocycles. The largest absolute Gasteiger partial charge is 0.391 e. The van der Waals surface area contributed by atoms with Crippen LogP contribution in [0.15, 0.2) is 24.3 Å². The first-order valence-corrected chi connectivity index (χ1v) is 5.96. The number of aliphatic hydroxyl groups excluding tert-OH is 1. The molecule has 0 spiro atoms. The van der Waals surface area contributed by atoms with Crippen LogP contribution < -0.4 is 10.6 Å². The van der Waals surface area contributed by atoms with Gasteiger partial charge in [0.25, 0.3) is 0 Å². The van der Waals surface area contributed by atoms with Crippen molar-refractivity contribution in [3.8, 4) is 0 Å². The lowest BCUT2D eigenvalue weighted by Crippen LogP contribution is -2.35. The summed E-state index contributed by atoms with van der Waals surface area (Å²) in [5.74, 6) is -0.0410. The number of nitrogens with one attached hydrogen (secondary N) is 2. The Morgan fingerprint density at radius 3 is 2.78 bits per heavy atom. The number of halogens is 1. The van der Waals surface area contributed by atoms with E-state index >= 15 is 0 Å². The van der Waals surface area contributed by atoms with E-state index in [2.05, 4.69) is 10.6 Å². The van der Waals surface area contributed by atoms with Gasteiger partial charge >= 0.3 is 6.03 Å². The minimum atomic E-state index is -0.566. The predicted octanol–water partition coefficient (Wildman–Crippen LogP) is 2.35. The van der Waals surface area contributed by atoms with E-state index in [1.165, 1.54) is 18.2 Å². The summed E-state index contributed by atoms with van der Waals surface area (Å²) in [6, 6.07) is 5.18. The van der Waals surface area contributed by atoms with Gasteiger partial charge in [0.2, 0.25) is 0 Å². The van der Waals surface area contributed by atoms with Gasteiger partial charge in [0.05, 0.1) is 6.10 Å². The van der Waals surface area contributed by atoms with E-state index in [0.29, 0.717) is 18.0 Å². The number of hydrogen-bond donors (Lipinski definition) is 3. The summed E-state index contributed by atoms with van der Waals surface area (Å²) in [6.07, 6.45) is 0.0588. The fourth-order valence-electron chi connectivity index (χ4n) is 1.58. The van der Waals surface area contributed by atoms with E-state index in [0.717, 1.165) is 0 Å². The number of urea groups is 1. The molecule has 0 aliphatic rings. The first kappa shape index (κ1) is 14.4. The molecule has 0 aromatic heterocycles. The van der Waals surface area contributed by atoms with Crippen molar-refractivity contribution < 1.29 is 14.3 Å². The van der Waals surface area contributed by atoms with Crippen molar-refractivity contribution in [3.63, 3.8) is 0 Å². The maximum Gasteiger partial charge on any atom is 0.319 e. The van der Waals surface area contributed by atoms with E-state index in [9.17, 15) is 14.3 Å². The molecule has 0 bridgehead atoms. The van der Waals surface area contributed by atoms with Crippen molar-refractivity contribution in [2.75, 3.05) is 11.9 Å². The van der Waals surface area contributed by atoms with Crippen LogP contribution >= 0.6 is 0 Å². The average Bonchev–Trinajstić information content (AvgIpc) is 2.25. The first-order chi connectivity index (χ1) is 8.47. The molecule has 1 aromatic rings. The maximum atomic E-state index is 12.9. The topological polar surface area (TPSA) is 61.4 Å². The molecule has 2 amide bonds. The zero-order valence-corrected chi connectivity index (χ0v) is 10.6. The Balaban J connectivity index is 2.34. The Morgan fingerprint density at radius 1 is 1.44 bits per heavy atom. The molecule has 1 atom stereocenters. The minimum absolute atomic E-state index is 0.180. The summed E-state index contributed by atoms with van der Waals surface area (Å²) in [5.41, 5.74) is 0.380. The quantitative estimate of drug-likeness (QED) is 0.755. The van der Waals surface area contributed by atoms with Crippen LogP contribution in [0.3, 0.4) is 0 Å². The molecule has 0 saturated heterocycles. The zero-order chi connectivity index (χ0) is 13.5. The van der Waals surface area contributed by atoms with Crippen molar-refractivity contribution >= 4 is 11.7 Å². The number of carbonyl (C=O) groups is 1. The van der Waals surface area contributed by atoms with Crippen molar-refractivity contribution in [2.24, 2.45) is 5.92 Å². The summed E-state index contributed by atoms with van der Waals surface area (Å²) >= 11 is 0. The fraction of sp³-hybridized carbons (Fsp3) is 0.462. The normalized spacial score (nSPS) is 12.3. The highest BCUT2D eigenvalue weighted by Crippen LogP contribution is 2.08. The molecule has 4 nitrogen and oxygen atoms in total. The second kappa shape index (κ2) is 6.96. The van der Waals surface area contributed by atoms with Crippen LogP contribution in [0.4, 0.5) is 14.9 Å². The van der Waals surface area contributed by atoms with E-state index in [1.54, 1.807) is 6.07 Å². The van der Waals surface area contributed by atoms with Gasteiger partial charge in [-0.05, 0) is 30.5 Å². The standard InChI is InChI=1S/C13H19FN2O2/c1-9(2)6-12(17)8-15-13(18)16-11-5-3-4-10(14)7-11/h3-5,7,9,12,17H,6,8H2,1-2H3,(H2,15,16,18). The van der Waals surface area contributed by atoms with Crippen LogP contribution in [0.5, 0.6) is 0 Å². The van der Waals surface area contributed by atoms with Crippen molar-refractivity contribution in [1.82, 2.24) is 5.32 Å². The highest BCUT2D eigenvalue weighted by Gasteiger charge is 2.09. The second-order valence-electron chi connectivity index (χ2n) is 4.63. The molecule has 100 valence electrons. The molecule has 0 aliphatic heterocycles. The number of anilines is 1. The number of carbonyl (C=O) groups excluding carboxylic acids is 1. The van der Waals surface area contributed by atoms with Crippen LogP contribution in [0.25, 0.3) is 0 Å². The number of benzene rings is 1. The Bertz CT molecular complexity index is 396. The van der Waals surface area contributed by atoms with E-state index in [4.69, 9.17) is 0 Å². The molecule has 5 heteroatoms. The molecule has 0 heterocycles. The van der Waals surface area contributed by atoms with Gasteiger partial charge in [0.15, 0.2) is 0 Å². The first-order valence-electron chi connectivity index (χ1n) is 5.96. The molecule has 1 aromatic carbocycles. The number of aliphatic hydroxyl groups is 1. The molecule has 1 unspecified atom stereocenters. The number of rotatable bonds is 5. The maximum absolute atomic E-state index is 12.9. The Kier molecular flexibility index (Phi) is 5.58. The van der Waals surface area contributed by atoms with Gasteiger partial charge in [0, 0.05) is 12.2 Å². The van der Waals surface area contributed by atoms with Crippen molar-refractivity contribution in [1.29, 1.82) is 0 Å². The molecule has 0 saturated carbocycles. The zero-order valence-electron chi connectivity index (χ0n) is 10.6. The Hall–Kier alpha value is -1.62. The van der Waals surface area contributed by atoms with Crippen LogP contribution in [0.1, 0.15) is 20.3 Å². The molecular weight excluding hydrogens is 235 g/mol. The molecule has 3 N–H and O–H groups in total. The molecule has 18 heavy (non-hydrogen) atoms. The highest BCUT2D eigenvalue weighted by atomic mass is 19.1. The van der Waals surface area contributed by atoms with Gasteiger partial charge in [-0.3, -0.25) is 0 Å². The van der Waals surface area contributed by atoms with Crippen LogP contribution in [0, 0.1) is 11.7 Å². The van der Waals surface area contributed by atoms with Gasteiger partial charge in [-0.25, -0.2) is 9.18 Å². The van der Waals surface area contributed by atoms with Gasteiger partial charge < -0.3 is 15.7 Å². The summed E-state index contributed by atoms with van der Waals surface area (Å²) in [7, 11) is 0.